The molecule has 2 rings (SSSR count). The smallest absolute Gasteiger partial charge is 0.341 e. The van der Waals surface area contributed by atoms with Crippen LogP contribution < -0.4 is 14.8 Å². The number of nitrogens with one attached hydrogen (secondary N) is 1. The van der Waals surface area contributed by atoms with Crippen molar-refractivity contribution in [3.05, 3.63) is 58.1 Å². The largest absolute Gasteiger partial charge is 0.497 e. The summed E-state index contributed by atoms with van der Waals surface area (Å²) in [5.41, 5.74) is 0.243. The minimum atomic E-state index is -0.623. The van der Waals surface area contributed by atoms with Gasteiger partial charge in [-0.2, -0.15) is 0 Å². The number of hydrogen-bond donors (Lipinski definition) is 1. The molecule has 0 saturated carbocycles. The van der Waals surface area contributed by atoms with E-state index in [0.29, 0.717) is 5.75 Å². The van der Waals surface area contributed by atoms with Crippen molar-refractivity contribution >= 4 is 23.3 Å². The number of nitrogens with zero attached hydrogens (tertiary/aromatic N) is 1. The van der Waals surface area contributed by atoms with Crippen LogP contribution in [-0.2, 0) is 9.53 Å². The van der Waals surface area contributed by atoms with Gasteiger partial charge < -0.3 is 19.5 Å². The summed E-state index contributed by atoms with van der Waals surface area (Å²) in [6.45, 7) is -0.417. The van der Waals surface area contributed by atoms with Gasteiger partial charge >= 0.3 is 5.97 Å². The van der Waals surface area contributed by atoms with Gasteiger partial charge in [0, 0.05) is 23.9 Å². The van der Waals surface area contributed by atoms with Gasteiger partial charge in [0.25, 0.3) is 11.6 Å². The number of rotatable bonds is 7. The monoisotopic (exact) mass is 360 g/mol. The Hall–Kier alpha value is -3.62. The topological polar surface area (TPSA) is 117 Å². The first-order valence-corrected chi connectivity index (χ1v) is 7.38. The molecule has 0 heterocycles. The molecule has 0 bridgehead atoms. The Morgan fingerprint density at radius 1 is 1.15 bits per heavy atom. The van der Waals surface area contributed by atoms with E-state index in [0.717, 1.165) is 0 Å². The zero-order valence-electron chi connectivity index (χ0n) is 14.1. The summed E-state index contributed by atoms with van der Waals surface area (Å²) in [5, 5.41) is 13.2. The highest BCUT2D eigenvalue weighted by Crippen LogP contribution is 2.25. The Labute approximate surface area is 148 Å². The molecule has 1 N–H and O–H groups in total. The van der Waals surface area contributed by atoms with Gasteiger partial charge in [0.05, 0.1) is 19.1 Å². The van der Waals surface area contributed by atoms with Crippen LogP contribution in [0.3, 0.4) is 0 Å². The number of methoxy groups -OCH3 is 2. The van der Waals surface area contributed by atoms with E-state index in [1.807, 2.05) is 0 Å². The third-order valence-electron chi connectivity index (χ3n) is 3.29. The molecular formula is C17H16N2O7. The first-order chi connectivity index (χ1) is 12.4. The molecule has 0 atom stereocenters. The molecule has 0 aliphatic rings. The van der Waals surface area contributed by atoms with Gasteiger partial charge in [-0.3, -0.25) is 14.9 Å². The molecule has 2 aromatic rings. The normalized spacial score (nSPS) is 9.92. The zero-order valence-corrected chi connectivity index (χ0v) is 14.1. The lowest BCUT2D eigenvalue weighted by atomic mass is 10.2. The summed E-state index contributed by atoms with van der Waals surface area (Å²) < 4.78 is 15.1. The molecule has 136 valence electrons. The Morgan fingerprint density at radius 2 is 1.92 bits per heavy atom. The van der Waals surface area contributed by atoms with Crippen molar-refractivity contribution in [2.75, 3.05) is 26.1 Å². The van der Waals surface area contributed by atoms with Crippen molar-refractivity contribution in [1.29, 1.82) is 0 Å². The summed E-state index contributed by atoms with van der Waals surface area (Å²) in [7, 11) is 2.68. The van der Waals surface area contributed by atoms with Crippen molar-refractivity contribution in [3.63, 3.8) is 0 Å². The van der Waals surface area contributed by atoms with Crippen LogP contribution in [0.15, 0.2) is 42.5 Å². The van der Waals surface area contributed by atoms with Crippen LogP contribution in [-0.4, -0.2) is 37.6 Å². The van der Waals surface area contributed by atoms with Gasteiger partial charge in [0.15, 0.2) is 6.61 Å². The van der Waals surface area contributed by atoms with E-state index in [4.69, 9.17) is 9.47 Å². The fraction of sp³-hybridized carbons (Fsp3) is 0.176. The number of non-ortho nitro benzene ring substituents is 1. The van der Waals surface area contributed by atoms with Gasteiger partial charge in [-0.05, 0) is 18.2 Å². The molecule has 0 radical (unpaired) electrons. The van der Waals surface area contributed by atoms with Crippen molar-refractivity contribution in [2.45, 2.75) is 0 Å². The van der Waals surface area contributed by atoms with E-state index in [9.17, 15) is 19.7 Å². The lowest BCUT2D eigenvalue weighted by Crippen LogP contribution is -2.21. The molecule has 0 saturated heterocycles. The predicted molar refractivity (Wildman–Crippen MR) is 91.6 cm³/mol. The molecule has 1 amide bonds. The quantitative estimate of drug-likeness (QED) is 0.458. The maximum absolute atomic E-state index is 12.0. The number of esters is 1. The van der Waals surface area contributed by atoms with Gasteiger partial charge in [-0.1, -0.05) is 6.07 Å². The molecule has 0 aromatic heterocycles. The number of hydrogen-bond acceptors (Lipinski definition) is 7. The van der Waals surface area contributed by atoms with E-state index in [-0.39, 0.29) is 22.7 Å². The van der Waals surface area contributed by atoms with Crippen LogP contribution >= 0.6 is 0 Å². The van der Waals surface area contributed by atoms with E-state index >= 15 is 0 Å². The molecule has 0 fully saturated rings. The minimum Gasteiger partial charge on any atom is -0.497 e. The second kappa shape index (κ2) is 8.47. The fourth-order valence-electron chi connectivity index (χ4n) is 2.07. The third-order valence-corrected chi connectivity index (χ3v) is 3.29. The van der Waals surface area contributed by atoms with Crippen molar-refractivity contribution in [2.24, 2.45) is 0 Å². The molecule has 2 aromatic carbocycles. The standard InChI is InChI=1S/C17H16N2O7/c1-24-13-6-7-14(17(21)25-2)15(9-13)26-10-16(20)18-11-4-3-5-12(8-11)19(22)23/h3-9H,10H2,1-2H3,(H,18,20). The van der Waals surface area contributed by atoms with Crippen LogP contribution in [0.4, 0.5) is 11.4 Å². The van der Waals surface area contributed by atoms with Gasteiger partial charge in [0.2, 0.25) is 0 Å². The first-order valence-electron chi connectivity index (χ1n) is 7.38. The van der Waals surface area contributed by atoms with E-state index in [1.54, 1.807) is 6.07 Å². The first kappa shape index (κ1) is 18.7. The molecule has 9 heteroatoms. The Morgan fingerprint density at radius 3 is 2.58 bits per heavy atom. The molecule has 0 unspecified atom stereocenters. The Kier molecular flexibility index (Phi) is 6.10. The summed E-state index contributed by atoms with van der Waals surface area (Å²) >= 11 is 0. The van der Waals surface area contributed by atoms with Gasteiger partial charge in [0.1, 0.15) is 17.1 Å². The number of ether oxygens (including phenoxy) is 3. The van der Waals surface area contributed by atoms with Crippen LogP contribution in [0.25, 0.3) is 0 Å². The molecule has 0 spiro atoms. The second-order valence-corrected chi connectivity index (χ2v) is 5.00. The molecule has 26 heavy (non-hydrogen) atoms. The number of benzene rings is 2. The summed E-state index contributed by atoms with van der Waals surface area (Å²) in [5.74, 6) is -0.622. The molecular weight excluding hydrogens is 344 g/mol. The number of anilines is 1. The lowest BCUT2D eigenvalue weighted by molar-refractivity contribution is -0.384. The Balaban J connectivity index is 2.08. The van der Waals surface area contributed by atoms with E-state index in [1.165, 1.54) is 50.6 Å². The van der Waals surface area contributed by atoms with Crippen molar-refractivity contribution in [3.8, 4) is 11.5 Å². The molecule has 0 aliphatic carbocycles. The van der Waals surface area contributed by atoms with Crippen LogP contribution in [0.5, 0.6) is 11.5 Å². The third kappa shape index (κ3) is 4.69. The zero-order chi connectivity index (χ0) is 19.1. The average molecular weight is 360 g/mol. The summed E-state index contributed by atoms with van der Waals surface area (Å²) in [6.07, 6.45) is 0. The molecule has 9 nitrogen and oxygen atoms in total. The molecule has 0 aliphatic heterocycles. The highest BCUT2D eigenvalue weighted by molar-refractivity contribution is 5.94. The number of nitro groups is 1. The Bertz CT molecular complexity index is 836. The van der Waals surface area contributed by atoms with Crippen molar-refractivity contribution < 1.29 is 28.7 Å². The maximum Gasteiger partial charge on any atom is 0.341 e. The summed E-state index contributed by atoms with van der Waals surface area (Å²) in [6, 6.07) is 9.96. The van der Waals surface area contributed by atoms with E-state index in [2.05, 4.69) is 10.1 Å². The fourth-order valence-corrected chi connectivity index (χ4v) is 2.07. The predicted octanol–water partition coefficient (Wildman–Crippen LogP) is 2.41. The van der Waals surface area contributed by atoms with Gasteiger partial charge in [-0.25, -0.2) is 4.79 Å². The average Bonchev–Trinajstić information content (AvgIpc) is 2.65. The summed E-state index contributed by atoms with van der Waals surface area (Å²) in [4.78, 5) is 34.0. The highest BCUT2D eigenvalue weighted by Gasteiger charge is 2.16. The van der Waals surface area contributed by atoms with Crippen LogP contribution in [0.2, 0.25) is 0 Å². The van der Waals surface area contributed by atoms with Gasteiger partial charge in [-0.15, -0.1) is 0 Å². The number of nitro benzene ring substituents is 1. The number of carbonyl (C=O) groups is 2. The lowest BCUT2D eigenvalue weighted by Gasteiger charge is -2.12. The van der Waals surface area contributed by atoms with Crippen molar-refractivity contribution in [1.82, 2.24) is 0 Å². The van der Waals surface area contributed by atoms with Crippen LogP contribution in [0, 0.1) is 10.1 Å². The minimum absolute atomic E-state index is 0.116. The van der Waals surface area contributed by atoms with E-state index < -0.39 is 23.4 Å². The highest BCUT2D eigenvalue weighted by atomic mass is 16.6. The SMILES string of the molecule is COC(=O)c1ccc(OC)cc1OCC(=O)Nc1cccc([N+](=O)[O-])c1. The number of amides is 1. The maximum atomic E-state index is 12.0. The van der Waals surface area contributed by atoms with Crippen LogP contribution in [0.1, 0.15) is 10.4 Å². The second-order valence-electron chi connectivity index (χ2n) is 5.00. The number of carbonyl (C=O) groups excluding carboxylic acids is 2.